The molecule has 0 aliphatic heterocycles. The van der Waals surface area contributed by atoms with E-state index in [9.17, 15) is 39.6 Å². The summed E-state index contributed by atoms with van der Waals surface area (Å²) in [5.74, 6) is -3.82. The molecule has 4 aromatic carbocycles. The molecule has 46 heavy (non-hydrogen) atoms. The highest BCUT2D eigenvalue weighted by Gasteiger charge is 2.34. The van der Waals surface area contributed by atoms with Crippen molar-refractivity contribution in [1.29, 1.82) is 0 Å². The number of carbonyl (C=O) groups is 4. The molecular formula is C34H32O12. The Kier molecular flexibility index (Phi) is 13.1. The zero-order valence-corrected chi connectivity index (χ0v) is 24.8. The molecule has 4 N–H and O–H groups in total. The minimum absolute atomic E-state index is 0.190. The van der Waals surface area contributed by atoms with Gasteiger partial charge in [0.15, 0.2) is 24.4 Å². The van der Waals surface area contributed by atoms with Crippen LogP contribution in [0.15, 0.2) is 109 Å². The third-order valence-corrected chi connectivity index (χ3v) is 5.97. The summed E-state index contributed by atoms with van der Waals surface area (Å²) in [6, 6.07) is 29.0. The minimum Gasteiger partial charge on any atom is -0.425 e. The quantitative estimate of drug-likeness (QED) is 0.148. The monoisotopic (exact) mass is 632 g/mol. The van der Waals surface area contributed by atoms with E-state index in [0.29, 0.717) is 0 Å². The summed E-state index contributed by atoms with van der Waals surface area (Å²) < 4.78 is 19.5. The molecule has 0 saturated heterocycles. The second kappa shape index (κ2) is 17.2. The van der Waals surface area contributed by atoms with Crippen LogP contribution in [0.2, 0.25) is 0 Å². The maximum Gasteiger partial charge on any atom is 0.343 e. The number of hydrogen-bond acceptors (Lipinski definition) is 12. The van der Waals surface area contributed by atoms with E-state index < -0.39 is 48.3 Å². The Morgan fingerprint density at radius 3 is 0.848 bits per heavy atom. The van der Waals surface area contributed by atoms with Crippen LogP contribution in [0.5, 0.6) is 23.0 Å². The number of aliphatic hydroxyl groups is 4. The maximum atomic E-state index is 11.8. The highest BCUT2D eigenvalue weighted by molar-refractivity contribution is 5.88. The molecule has 4 atom stereocenters. The first-order valence-electron chi connectivity index (χ1n) is 13.8. The first-order valence-corrected chi connectivity index (χ1v) is 13.8. The molecule has 4 aromatic rings. The van der Waals surface area contributed by atoms with E-state index in [2.05, 4.69) is 0 Å². The molecule has 12 nitrogen and oxygen atoms in total. The van der Waals surface area contributed by atoms with Gasteiger partial charge in [0.05, 0.1) is 0 Å². The third kappa shape index (κ3) is 10.9. The normalized spacial score (nSPS) is 13.0. The van der Waals surface area contributed by atoms with Gasteiger partial charge in [-0.25, -0.2) is 19.2 Å². The average molecular weight is 633 g/mol. The number of benzene rings is 4. The van der Waals surface area contributed by atoms with Crippen molar-refractivity contribution in [1.82, 2.24) is 0 Å². The smallest absolute Gasteiger partial charge is 0.343 e. The first-order chi connectivity index (χ1) is 21.9. The Balaban J connectivity index is 0.000000251. The summed E-state index contributed by atoms with van der Waals surface area (Å²) in [5, 5.41) is 38.9. The second-order valence-corrected chi connectivity index (χ2v) is 9.72. The van der Waals surface area contributed by atoms with Gasteiger partial charge in [0, 0.05) is 0 Å². The van der Waals surface area contributed by atoms with Crippen LogP contribution in [0.4, 0.5) is 0 Å². The summed E-state index contributed by atoms with van der Waals surface area (Å²) in [6.45, 7) is 3.73. The van der Waals surface area contributed by atoms with Gasteiger partial charge in [-0.2, -0.15) is 0 Å². The molecule has 0 heterocycles. The molecule has 0 fully saturated rings. The number of carbonyl (C=O) groups excluding carboxylic acids is 4. The van der Waals surface area contributed by atoms with E-state index in [1.807, 2.05) is 13.8 Å². The van der Waals surface area contributed by atoms with Crippen molar-refractivity contribution in [2.24, 2.45) is 0 Å². The highest BCUT2D eigenvalue weighted by Crippen LogP contribution is 2.16. The molecule has 0 spiro atoms. The number of aryl methyl sites for hydroxylation is 2. The topological polar surface area (TPSA) is 186 Å². The van der Waals surface area contributed by atoms with Crippen molar-refractivity contribution in [2.75, 3.05) is 0 Å². The van der Waals surface area contributed by atoms with E-state index >= 15 is 0 Å². The molecule has 4 rings (SSSR count). The van der Waals surface area contributed by atoms with Crippen LogP contribution in [0.1, 0.15) is 11.1 Å². The summed E-state index contributed by atoms with van der Waals surface area (Å²) in [4.78, 5) is 46.9. The number of para-hydroxylation sites is 2. The van der Waals surface area contributed by atoms with E-state index in [-0.39, 0.29) is 23.0 Å². The number of esters is 4. The van der Waals surface area contributed by atoms with Crippen molar-refractivity contribution >= 4 is 23.9 Å². The van der Waals surface area contributed by atoms with Crippen LogP contribution in [0, 0.1) is 13.8 Å². The summed E-state index contributed by atoms with van der Waals surface area (Å²) in [6.07, 6.45) is -8.19. The second-order valence-electron chi connectivity index (χ2n) is 9.72. The Labute approximate surface area is 264 Å². The lowest BCUT2D eigenvalue weighted by Crippen LogP contribution is -2.43. The SMILES string of the molecule is Cc1ccc(OC(=O)[C@H](O)[C@@H](O)C(=O)Oc2ccc(C)cc2)cc1.O=C(Oc1ccccc1)[C@H](O)[C@@H](O)C(=O)Oc1ccccc1. The van der Waals surface area contributed by atoms with Crippen molar-refractivity contribution in [2.45, 2.75) is 38.3 Å². The molecule has 0 saturated carbocycles. The molecule has 0 amide bonds. The van der Waals surface area contributed by atoms with Gasteiger partial charge < -0.3 is 39.4 Å². The number of hydrogen-bond donors (Lipinski definition) is 4. The number of rotatable bonds is 10. The van der Waals surface area contributed by atoms with Crippen molar-refractivity contribution in [3.8, 4) is 23.0 Å². The van der Waals surface area contributed by atoms with Crippen LogP contribution in [0.3, 0.4) is 0 Å². The summed E-state index contributed by atoms with van der Waals surface area (Å²) in [7, 11) is 0. The number of aliphatic hydroxyl groups excluding tert-OH is 4. The molecular weight excluding hydrogens is 600 g/mol. The van der Waals surface area contributed by atoms with E-state index in [1.165, 1.54) is 48.5 Å². The minimum atomic E-state index is -2.05. The van der Waals surface area contributed by atoms with Gasteiger partial charge in [-0.3, -0.25) is 0 Å². The van der Waals surface area contributed by atoms with Crippen LogP contribution in [-0.4, -0.2) is 68.7 Å². The van der Waals surface area contributed by atoms with E-state index in [4.69, 9.17) is 18.9 Å². The van der Waals surface area contributed by atoms with Crippen molar-refractivity contribution in [3.63, 3.8) is 0 Å². The molecule has 0 bridgehead atoms. The van der Waals surface area contributed by atoms with Gasteiger partial charge in [0.2, 0.25) is 0 Å². The van der Waals surface area contributed by atoms with Gasteiger partial charge >= 0.3 is 23.9 Å². The molecule has 0 aromatic heterocycles. The van der Waals surface area contributed by atoms with Gasteiger partial charge in [0.1, 0.15) is 23.0 Å². The van der Waals surface area contributed by atoms with Crippen LogP contribution >= 0.6 is 0 Å². The first kappa shape index (κ1) is 35.1. The molecule has 0 radical (unpaired) electrons. The zero-order valence-electron chi connectivity index (χ0n) is 24.8. The van der Waals surface area contributed by atoms with Gasteiger partial charge in [0.25, 0.3) is 0 Å². The third-order valence-electron chi connectivity index (χ3n) is 5.97. The molecule has 0 aliphatic rings. The summed E-state index contributed by atoms with van der Waals surface area (Å²) in [5.41, 5.74) is 1.94. The summed E-state index contributed by atoms with van der Waals surface area (Å²) >= 11 is 0. The predicted octanol–water partition coefficient (Wildman–Crippen LogP) is 2.46. The Bertz CT molecular complexity index is 1450. The Morgan fingerprint density at radius 2 is 0.609 bits per heavy atom. The zero-order chi connectivity index (χ0) is 33.6. The van der Waals surface area contributed by atoms with E-state index in [0.717, 1.165) is 11.1 Å². The standard InChI is InChI=1S/C18H18O6.C16H14O6/c1-11-3-7-13(8-4-11)23-17(21)15(19)16(20)18(22)24-14-9-5-12(2)6-10-14;17-13(15(19)21-11-7-3-1-4-8-11)14(18)16(20)22-12-9-5-2-6-10-12/h3-10,15-16,19-20H,1-2H3;1-10,13-14,17-18H/t15-,16-;13-,14-/m11/s1. The molecule has 240 valence electrons. The Hall–Kier alpha value is -5.40. The predicted molar refractivity (Wildman–Crippen MR) is 162 cm³/mol. The molecule has 12 heteroatoms. The van der Waals surface area contributed by atoms with Gasteiger partial charge in [-0.05, 0) is 62.4 Å². The molecule has 0 aliphatic carbocycles. The average Bonchev–Trinajstić information content (AvgIpc) is 3.06. The van der Waals surface area contributed by atoms with Gasteiger partial charge in [-0.1, -0.05) is 71.8 Å². The van der Waals surface area contributed by atoms with Crippen molar-refractivity contribution in [3.05, 3.63) is 120 Å². The lowest BCUT2D eigenvalue weighted by atomic mass is 10.2. The highest BCUT2D eigenvalue weighted by atomic mass is 16.6. The lowest BCUT2D eigenvalue weighted by molar-refractivity contribution is -0.162. The van der Waals surface area contributed by atoms with Gasteiger partial charge in [-0.15, -0.1) is 0 Å². The van der Waals surface area contributed by atoms with Crippen LogP contribution in [-0.2, 0) is 19.2 Å². The fourth-order valence-corrected chi connectivity index (χ4v) is 3.41. The fraction of sp³-hybridized carbons (Fsp3) is 0.176. The fourth-order valence-electron chi connectivity index (χ4n) is 3.41. The lowest BCUT2D eigenvalue weighted by Gasteiger charge is -2.15. The number of ether oxygens (including phenoxy) is 4. The largest absolute Gasteiger partial charge is 0.425 e. The Morgan fingerprint density at radius 1 is 0.391 bits per heavy atom. The molecule has 0 unspecified atom stereocenters. The van der Waals surface area contributed by atoms with Crippen molar-refractivity contribution < 1.29 is 58.6 Å². The van der Waals surface area contributed by atoms with Crippen LogP contribution in [0.25, 0.3) is 0 Å². The van der Waals surface area contributed by atoms with Crippen LogP contribution < -0.4 is 18.9 Å². The van der Waals surface area contributed by atoms with E-state index in [1.54, 1.807) is 60.7 Å². The maximum absolute atomic E-state index is 11.8.